The third-order valence-electron chi connectivity index (χ3n) is 4.22. The molecule has 0 spiro atoms. The van der Waals surface area contributed by atoms with Crippen LogP contribution in [0, 0.1) is 27.6 Å². The van der Waals surface area contributed by atoms with Gasteiger partial charge in [-0.25, -0.2) is 13.2 Å². The van der Waals surface area contributed by atoms with Crippen LogP contribution in [-0.2, 0) is 0 Å². The molecule has 1 fully saturated rings. The fourth-order valence-corrected chi connectivity index (χ4v) is 2.83. The zero-order chi connectivity index (χ0) is 18.8. The largest absolute Gasteiger partial charge is 0.366 e. The van der Waals surface area contributed by atoms with Crippen molar-refractivity contribution in [2.45, 2.75) is 0 Å². The fourth-order valence-electron chi connectivity index (χ4n) is 2.83. The lowest BCUT2D eigenvalue weighted by Gasteiger charge is -2.36. The summed E-state index contributed by atoms with van der Waals surface area (Å²) in [6.07, 6.45) is 0. The molecule has 0 N–H and O–H groups in total. The minimum Gasteiger partial charge on any atom is -0.366 e. The number of hydrogen-bond acceptors (Lipinski definition) is 4. The van der Waals surface area contributed by atoms with Crippen LogP contribution in [0.3, 0.4) is 0 Å². The van der Waals surface area contributed by atoms with E-state index in [1.165, 1.54) is 23.1 Å². The van der Waals surface area contributed by atoms with Crippen LogP contribution in [0.2, 0.25) is 0 Å². The van der Waals surface area contributed by atoms with Crippen LogP contribution in [0.1, 0.15) is 10.4 Å². The van der Waals surface area contributed by atoms with Gasteiger partial charge < -0.3 is 9.80 Å². The fraction of sp³-hybridized carbons (Fsp3) is 0.235. The molecule has 0 saturated carbocycles. The van der Waals surface area contributed by atoms with Crippen LogP contribution in [-0.4, -0.2) is 41.9 Å². The first-order valence-electron chi connectivity index (χ1n) is 7.80. The highest BCUT2D eigenvalue weighted by Crippen LogP contribution is 2.25. The maximum Gasteiger partial charge on any atom is 0.272 e. The quantitative estimate of drug-likeness (QED) is 0.620. The minimum absolute atomic E-state index is 0.0406. The predicted octanol–water partition coefficient (Wildman–Crippen LogP) is 2.97. The number of nitrogens with zero attached hydrogens (tertiary/aromatic N) is 3. The molecule has 0 atom stereocenters. The molecule has 9 heteroatoms. The van der Waals surface area contributed by atoms with E-state index >= 15 is 0 Å². The first-order chi connectivity index (χ1) is 12.4. The van der Waals surface area contributed by atoms with Crippen molar-refractivity contribution >= 4 is 17.3 Å². The van der Waals surface area contributed by atoms with Crippen LogP contribution in [0.5, 0.6) is 0 Å². The number of nitro groups is 1. The molecule has 0 radical (unpaired) electrons. The first-order valence-corrected chi connectivity index (χ1v) is 7.80. The molecule has 136 valence electrons. The Labute approximate surface area is 146 Å². The second-order valence-electron chi connectivity index (χ2n) is 5.80. The summed E-state index contributed by atoms with van der Waals surface area (Å²) >= 11 is 0. The molecule has 1 amide bonds. The summed E-state index contributed by atoms with van der Waals surface area (Å²) in [5.41, 5.74) is -0.0761. The number of non-ortho nitro benzene ring substituents is 1. The Morgan fingerprint density at radius 1 is 0.923 bits per heavy atom. The van der Waals surface area contributed by atoms with Gasteiger partial charge in [-0.3, -0.25) is 14.9 Å². The second-order valence-corrected chi connectivity index (χ2v) is 5.80. The topological polar surface area (TPSA) is 66.7 Å². The molecule has 0 unspecified atom stereocenters. The van der Waals surface area contributed by atoms with Crippen molar-refractivity contribution in [1.82, 2.24) is 4.90 Å². The minimum atomic E-state index is -1.09. The Bertz CT molecular complexity index is 868. The first kappa shape index (κ1) is 17.7. The highest BCUT2D eigenvalue weighted by molar-refractivity contribution is 5.94. The molecule has 0 bridgehead atoms. The molecule has 1 aliphatic heterocycles. The van der Waals surface area contributed by atoms with Gasteiger partial charge >= 0.3 is 0 Å². The van der Waals surface area contributed by atoms with Gasteiger partial charge in [0.15, 0.2) is 17.5 Å². The van der Waals surface area contributed by atoms with Gasteiger partial charge in [-0.1, -0.05) is 0 Å². The molecule has 0 aromatic heterocycles. The van der Waals surface area contributed by atoms with Gasteiger partial charge in [0.1, 0.15) is 0 Å². The van der Waals surface area contributed by atoms with Crippen molar-refractivity contribution in [2.75, 3.05) is 31.1 Å². The molecular weight excluding hydrogens is 351 g/mol. The number of rotatable bonds is 3. The van der Waals surface area contributed by atoms with Gasteiger partial charge in [0.25, 0.3) is 11.6 Å². The Morgan fingerprint density at radius 2 is 1.62 bits per heavy atom. The number of hydrogen-bond donors (Lipinski definition) is 0. The van der Waals surface area contributed by atoms with E-state index in [-0.39, 0.29) is 30.0 Å². The van der Waals surface area contributed by atoms with E-state index in [1.54, 1.807) is 4.90 Å². The van der Waals surface area contributed by atoms with Gasteiger partial charge in [0, 0.05) is 37.8 Å². The molecule has 3 rings (SSSR count). The van der Waals surface area contributed by atoms with Crippen LogP contribution >= 0.6 is 0 Å². The third kappa shape index (κ3) is 3.46. The molecule has 6 nitrogen and oxygen atoms in total. The van der Waals surface area contributed by atoms with Gasteiger partial charge in [-0.05, 0) is 24.3 Å². The van der Waals surface area contributed by atoms with Crippen LogP contribution in [0.25, 0.3) is 0 Å². The predicted molar refractivity (Wildman–Crippen MR) is 87.5 cm³/mol. The number of carbonyl (C=O) groups is 1. The van der Waals surface area contributed by atoms with E-state index in [4.69, 9.17) is 0 Å². The molecule has 1 saturated heterocycles. The van der Waals surface area contributed by atoms with Crippen molar-refractivity contribution in [2.24, 2.45) is 0 Å². The number of halogens is 3. The lowest BCUT2D eigenvalue weighted by Crippen LogP contribution is -2.49. The Morgan fingerprint density at radius 3 is 2.19 bits per heavy atom. The second kappa shape index (κ2) is 7.03. The number of amides is 1. The van der Waals surface area contributed by atoms with Crippen molar-refractivity contribution in [1.29, 1.82) is 0 Å². The van der Waals surface area contributed by atoms with Crippen molar-refractivity contribution in [3.05, 3.63) is 69.5 Å². The molecule has 0 aliphatic carbocycles. The van der Waals surface area contributed by atoms with E-state index in [9.17, 15) is 28.1 Å². The highest BCUT2D eigenvalue weighted by atomic mass is 19.2. The SMILES string of the molecule is O=C(c1ccc(F)c(F)c1)N1CCN(c2ccc([N+](=O)[O-])cc2F)CC1. The maximum atomic E-state index is 14.1. The lowest BCUT2D eigenvalue weighted by atomic mass is 10.1. The van der Waals surface area contributed by atoms with Crippen LogP contribution in [0.4, 0.5) is 24.5 Å². The van der Waals surface area contributed by atoms with Crippen molar-refractivity contribution < 1.29 is 22.9 Å². The van der Waals surface area contributed by atoms with E-state index in [2.05, 4.69) is 0 Å². The lowest BCUT2D eigenvalue weighted by molar-refractivity contribution is -0.385. The summed E-state index contributed by atoms with van der Waals surface area (Å²) in [5, 5.41) is 10.7. The summed E-state index contributed by atoms with van der Waals surface area (Å²) < 4.78 is 40.3. The highest BCUT2D eigenvalue weighted by Gasteiger charge is 2.25. The number of anilines is 1. The van der Waals surface area contributed by atoms with Crippen LogP contribution in [0.15, 0.2) is 36.4 Å². The zero-order valence-electron chi connectivity index (χ0n) is 13.5. The molecule has 2 aromatic carbocycles. The monoisotopic (exact) mass is 365 g/mol. The van der Waals surface area contributed by atoms with Crippen molar-refractivity contribution in [3.8, 4) is 0 Å². The van der Waals surface area contributed by atoms with E-state index in [0.717, 1.165) is 18.2 Å². The number of carbonyl (C=O) groups excluding carboxylic acids is 1. The zero-order valence-corrected chi connectivity index (χ0v) is 13.5. The van der Waals surface area contributed by atoms with Crippen molar-refractivity contribution in [3.63, 3.8) is 0 Å². The van der Waals surface area contributed by atoms with E-state index in [1.807, 2.05) is 0 Å². The molecule has 1 heterocycles. The van der Waals surface area contributed by atoms with Crippen LogP contribution < -0.4 is 4.90 Å². The van der Waals surface area contributed by atoms with Gasteiger partial charge in [-0.15, -0.1) is 0 Å². The Kier molecular flexibility index (Phi) is 4.79. The smallest absolute Gasteiger partial charge is 0.272 e. The molecular formula is C17H14F3N3O3. The average molecular weight is 365 g/mol. The Balaban J connectivity index is 1.68. The van der Waals surface area contributed by atoms with Gasteiger partial charge in [0.05, 0.1) is 16.7 Å². The van der Waals surface area contributed by atoms with Gasteiger partial charge in [0.2, 0.25) is 0 Å². The van der Waals surface area contributed by atoms with E-state index in [0.29, 0.717) is 13.1 Å². The summed E-state index contributed by atoms with van der Waals surface area (Å²) in [6.45, 7) is 1.14. The number of benzene rings is 2. The molecule has 2 aromatic rings. The maximum absolute atomic E-state index is 14.1. The Hall–Kier alpha value is -3.10. The summed E-state index contributed by atoms with van der Waals surface area (Å²) in [5.74, 6) is -3.27. The molecule has 1 aliphatic rings. The molecule has 26 heavy (non-hydrogen) atoms. The number of nitro benzene ring substituents is 1. The normalized spacial score (nSPS) is 14.4. The van der Waals surface area contributed by atoms with E-state index < -0.39 is 28.3 Å². The average Bonchev–Trinajstić information content (AvgIpc) is 2.63. The standard InChI is InChI=1S/C17H14F3N3O3/c18-13-3-1-11(9-14(13)19)17(24)22-7-5-21(6-8-22)16-4-2-12(23(25)26)10-15(16)20/h1-4,9-10H,5-8H2. The van der Waals surface area contributed by atoms with Gasteiger partial charge in [-0.2, -0.15) is 0 Å². The third-order valence-corrected chi connectivity index (χ3v) is 4.22. The number of piperazine rings is 1. The summed E-state index contributed by atoms with van der Waals surface area (Å²) in [7, 11) is 0. The summed E-state index contributed by atoms with van der Waals surface area (Å²) in [6, 6.07) is 6.36. The summed E-state index contributed by atoms with van der Waals surface area (Å²) in [4.78, 5) is 25.5.